The van der Waals surface area contributed by atoms with E-state index in [1.54, 1.807) is 11.8 Å². The number of rotatable bonds is 4. The van der Waals surface area contributed by atoms with E-state index in [9.17, 15) is 9.90 Å². The number of aliphatic hydroxyl groups is 1. The summed E-state index contributed by atoms with van der Waals surface area (Å²) in [7, 11) is 0. The Labute approximate surface area is 82.5 Å². The molecule has 0 aromatic carbocycles. The Kier molecular flexibility index (Phi) is 4.55. The molecule has 1 aliphatic rings. The first kappa shape index (κ1) is 10.8. The number of amides is 1. The number of hydrogen-bond donors (Lipinski definition) is 3. The maximum atomic E-state index is 11.4. The molecule has 1 amide bonds. The number of carbonyl (C=O) groups excluding carboxylic acids is 1. The van der Waals surface area contributed by atoms with Gasteiger partial charge in [-0.05, 0) is 6.42 Å². The highest BCUT2D eigenvalue weighted by Crippen LogP contribution is 2.09. The van der Waals surface area contributed by atoms with Gasteiger partial charge in [-0.1, -0.05) is 6.92 Å². The maximum Gasteiger partial charge on any atom is 0.238 e. The fourth-order valence-electron chi connectivity index (χ4n) is 1.05. The minimum atomic E-state index is -0.419. The first-order valence-corrected chi connectivity index (χ1v) is 5.66. The van der Waals surface area contributed by atoms with Crippen LogP contribution in [0, 0.1) is 0 Å². The molecule has 3 N–H and O–H groups in total. The number of thioether (sulfide) groups is 1. The van der Waals surface area contributed by atoms with Crippen molar-refractivity contribution in [3.05, 3.63) is 0 Å². The highest BCUT2D eigenvalue weighted by atomic mass is 32.2. The van der Waals surface area contributed by atoms with Crippen molar-refractivity contribution < 1.29 is 9.90 Å². The Balaban J connectivity index is 2.16. The number of aliphatic hydroxyl groups excluding tert-OH is 1. The van der Waals surface area contributed by atoms with Gasteiger partial charge in [0.25, 0.3) is 0 Å². The molecule has 2 unspecified atom stereocenters. The third-order valence-corrected chi connectivity index (χ3v) is 2.96. The third-order valence-electron chi connectivity index (χ3n) is 2.02. The summed E-state index contributed by atoms with van der Waals surface area (Å²) in [5, 5.41) is 15.0. The summed E-state index contributed by atoms with van der Waals surface area (Å²) >= 11 is 1.72. The van der Waals surface area contributed by atoms with Crippen LogP contribution >= 0.6 is 11.8 Å². The summed E-state index contributed by atoms with van der Waals surface area (Å²) in [6.07, 6.45) is 0.255. The van der Waals surface area contributed by atoms with Crippen molar-refractivity contribution in [1.82, 2.24) is 10.6 Å². The zero-order chi connectivity index (χ0) is 9.68. The van der Waals surface area contributed by atoms with E-state index in [0.717, 1.165) is 11.6 Å². The molecule has 0 aliphatic carbocycles. The van der Waals surface area contributed by atoms with Crippen molar-refractivity contribution in [3.8, 4) is 0 Å². The highest BCUT2D eigenvalue weighted by Gasteiger charge is 2.22. The minimum absolute atomic E-state index is 0.00231. The lowest BCUT2D eigenvalue weighted by molar-refractivity contribution is -0.122. The molecule has 5 heteroatoms. The number of carbonyl (C=O) groups is 1. The minimum Gasteiger partial charge on any atom is -0.391 e. The zero-order valence-corrected chi connectivity index (χ0v) is 8.56. The van der Waals surface area contributed by atoms with Crippen LogP contribution in [0.1, 0.15) is 13.3 Å². The molecular weight excluding hydrogens is 188 g/mol. The second-order valence-corrected chi connectivity index (χ2v) is 4.11. The molecule has 0 aromatic heterocycles. The van der Waals surface area contributed by atoms with Crippen molar-refractivity contribution in [2.24, 2.45) is 0 Å². The van der Waals surface area contributed by atoms with Crippen molar-refractivity contribution in [2.45, 2.75) is 25.5 Å². The van der Waals surface area contributed by atoms with Gasteiger partial charge in [0.05, 0.1) is 12.1 Å². The van der Waals surface area contributed by atoms with Crippen LogP contribution in [0.2, 0.25) is 0 Å². The van der Waals surface area contributed by atoms with Gasteiger partial charge in [-0.15, -0.1) is 11.8 Å². The molecule has 2 atom stereocenters. The standard InChI is InChI=1S/C8H16N2O2S/c1-2-6(11)3-9-8(12)7-4-13-5-10-7/h6-7,10-11H,2-5H2,1H3,(H,9,12). The topological polar surface area (TPSA) is 61.4 Å². The van der Waals surface area contributed by atoms with Crippen LogP contribution in [-0.4, -0.2) is 41.3 Å². The van der Waals surface area contributed by atoms with E-state index in [-0.39, 0.29) is 11.9 Å². The summed E-state index contributed by atoms with van der Waals surface area (Å²) in [4.78, 5) is 11.4. The molecule has 0 spiro atoms. The third kappa shape index (κ3) is 3.54. The lowest BCUT2D eigenvalue weighted by Crippen LogP contribution is -2.44. The van der Waals surface area contributed by atoms with E-state index in [1.807, 2.05) is 6.92 Å². The molecule has 0 saturated carbocycles. The van der Waals surface area contributed by atoms with Gasteiger partial charge in [0.15, 0.2) is 0 Å². The Hall–Kier alpha value is -0.260. The second-order valence-electron chi connectivity index (χ2n) is 3.08. The molecule has 1 fully saturated rings. The first-order valence-electron chi connectivity index (χ1n) is 4.51. The summed E-state index contributed by atoms with van der Waals surface area (Å²) < 4.78 is 0. The fraction of sp³-hybridized carbons (Fsp3) is 0.875. The molecule has 13 heavy (non-hydrogen) atoms. The van der Waals surface area contributed by atoms with E-state index in [4.69, 9.17) is 0 Å². The van der Waals surface area contributed by atoms with Gasteiger partial charge in [0.2, 0.25) is 5.91 Å². The van der Waals surface area contributed by atoms with E-state index in [1.165, 1.54) is 0 Å². The van der Waals surface area contributed by atoms with Gasteiger partial charge >= 0.3 is 0 Å². The Morgan fingerprint density at radius 2 is 2.62 bits per heavy atom. The normalized spacial score (nSPS) is 24.3. The lowest BCUT2D eigenvalue weighted by atomic mass is 10.2. The van der Waals surface area contributed by atoms with Gasteiger partial charge in [-0.3, -0.25) is 10.1 Å². The molecule has 1 aliphatic heterocycles. The van der Waals surface area contributed by atoms with Crippen LogP contribution in [0.25, 0.3) is 0 Å². The summed E-state index contributed by atoms with van der Waals surface area (Å²) in [5.41, 5.74) is 0. The molecular formula is C8H16N2O2S. The largest absolute Gasteiger partial charge is 0.391 e. The Morgan fingerprint density at radius 3 is 3.15 bits per heavy atom. The van der Waals surface area contributed by atoms with Gasteiger partial charge in [-0.25, -0.2) is 0 Å². The molecule has 76 valence electrons. The van der Waals surface area contributed by atoms with Crippen molar-refractivity contribution in [3.63, 3.8) is 0 Å². The Morgan fingerprint density at radius 1 is 1.85 bits per heavy atom. The van der Waals surface area contributed by atoms with Crippen LogP contribution in [0.5, 0.6) is 0 Å². The molecule has 0 radical (unpaired) electrons. The lowest BCUT2D eigenvalue weighted by Gasteiger charge is -2.12. The molecule has 0 aromatic rings. The van der Waals surface area contributed by atoms with Gasteiger partial charge in [0, 0.05) is 18.2 Å². The quantitative estimate of drug-likeness (QED) is 0.580. The molecule has 0 bridgehead atoms. The average molecular weight is 204 g/mol. The van der Waals surface area contributed by atoms with Crippen LogP contribution in [0.3, 0.4) is 0 Å². The van der Waals surface area contributed by atoms with Crippen LogP contribution < -0.4 is 10.6 Å². The smallest absolute Gasteiger partial charge is 0.238 e. The summed E-state index contributed by atoms with van der Waals surface area (Å²) in [6, 6.07) is -0.0749. The summed E-state index contributed by atoms with van der Waals surface area (Å²) in [6.45, 7) is 2.25. The fourth-order valence-corrected chi connectivity index (χ4v) is 1.99. The predicted molar refractivity (Wildman–Crippen MR) is 53.6 cm³/mol. The van der Waals surface area contributed by atoms with Gasteiger partial charge in [-0.2, -0.15) is 0 Å². The molecule has 4 nitrogen and oxygen atoms in total. The molecule has 1 saturated heterocycles. The van der Waals surface area contributed by atoms with Crippen molar-refractivity contribution >= 4 is 17.7 Å². The van der Waals surface area contributed by atoms with E-state index < -0.39 is 6.10 Å². The number of nitrogens with one attached hydrogen (secondary N) is 2. The highest BCUT2D eigenvalue weighted by molar-refractivity contribution is 7.99. The van der Waals surface area contributed by atoms with Crippen LogP contribution in [0.4, 0.5) is 0 Å². The van der Waals surface area contributed by atoms with E-state index in [2.05, 4.69) is 10.6 Å². The molecule has 1 rings (SSSR count). The maximum absolute atomic E-state index is 11.4. The van der Waals surface area contributed by atoms with Gasteiger partial charge < -0.3 is 10.4 Å². The summed E-state index contributed by atoms with van der Waals surface area (Å²) in [5.74, 6) is 1.67. The second kappa shape index (κ2) is 5.47. The van der Waals surface area contributed by atoms with Crippen LogP contribution in [0.15, 0.2) is 0 Å². The zero-order valence-electron chi connectivity index (χ0n) is 7.75. The van der Waals surface area contributed by atoms with Gasteiger partial charge in [0.1, 0.15) is 0 Å². The van der Waals surface area contributed by atoms with Crippen molar-refractivity contribution in [1.29, 1.82) is 0 Å². The van der Waals surface area contributed by atoms with E-state index in [0.29, 0.717) is 13.0 Å². The predicted octanol–water partition coefficient (Wildman–Crippen LogP) is -0.464. The first-order chi connectivity index (χ1) is 6.24. The Bertz CT molecular complexity index is 172. The molecule has 1 heterocycles. The van der Waals surface area contributed by atoms with Crippen LogP contribution in [-0.2, 0) is 4.79 Å². The number of hydrogen-bond acceptors (Lipinski definition) is 4. The average Bonchev–Trinajstić information content (AvgIpc) is 2.66. The van der Waals surface area contributed by atoms with E-state index >= 15 is 0 Å². The van der Waals surface area contributed by atoms with Crippen molar-refractivity contribution in [2.75, 3.05) is 18.2 Å². The SMILES string of the molecule is CCC(O)CNC(=O)C1CSCN1. The monoisotopic (exact) mass is 204 g/mol.